The average Bonchev–Trinajstić information content (AvgIpc) is 1.58. The molecule has 0 unspecified atom stereocenters. The molecule has 0 heterocycles. The lowest BCUT2D eigenvalue weighted by atomic mass is 10.8. The minimum Gasteiger partial charge on any atom is -0.392 e. The van der Waals surface area contributed by atoms with Crippen LogP contribution in [0.3, 0.4) is 0 Å². The monoisotopic (exact) mass is 202 g/mol. The molecule has 4 N–H and O–H groups in total. The normalized spacial score (nSPS) is 10.3. The summed E-state index contributed by atoms with van der Waals surface area (Å²) in [4.78, 5) is 21.9. The van der Waals surface area contributed by atoms with Gasteiger partial charge in [0.15, 0.2) is 0 Å². The molecule has 8 heteroatoms. The fourth-order valence-corrected chi connectivity index (χ4v) is 0.447. The van der Waals surface area contributed by atoms with Crippen LogP contribution in [0, 0.1) is 0 Å². The second kappa shape index (κ2) is 6.46. The lowest BCUT2D eigenvalue weighted by molar-refractivity contribution is 0.278. The third-order valence-electron chi connectivity index (χ3n) is 0.328. The van der Waals surface area contributed by atoms with Crippen molar-refractivity contribution in [2.75, 3.05) is 5.75 Å². The van der Waals surface area contributed by atoms with E-state index in [9.17, 15) is 8.42 Å². The van der Waals surface area contributed by atoms with Crippen molar-refractivity contribution in [3.8, 4) is 0 Å². The van der Waals surface area contributed by atoms with E-state index in [0.29, 0.717) is 0 Å². The van der Waals surface area contributed by atoms with Gasteiger partial charge in [-0.1, -0.05) is 6.08 Å². The van der Waals surface area contributed by atoms with Crippen molar-refractivity contribution >= 4 is 19.6 Å². The first-order valence-corrected chi connectivity index (χ1v) is 5.55. The number of rotatable bonds is 2. The summed E-state index contributed by atoms with van der Waals surface area (Å²) in [6.07, 6.45) is 1.12. The summed E-state index contributed by atoms with van der Waals surface area (Å²) in [6, 6.07) is 0. The number of hydrogen-bond acceptors (Lipinski definition) is 5. The molecule has 0 aliphatic heterocycles. The second-order valence-corrected chi connectivity index (χ2v) is 3.57. The Hall–Kier alpha value is -0.253. The van der Waals surface area contributed by atoms with Crippen LogP contribution in [0.5, 0.6) is 0 Å². The van der Waals surface area contributed by atoms with Crippen LogP contribution >= 0.6 is 0 Å². The molecular weight excluding hydrogens is 192 g/mol. The summed E-state index contributed by atoms with van der Waals surface area (Å²) in [5, 5.41) is 0. The molecule has 6 nitrogen and oxygen atoms in total. The Bertz CT molecular complexity index is 181. The minimum absolute atomic E-state index is 0.368. The molecule has 0 aromatic heterocycles. The van der Waals surface area contributed by atoms with Gasteiger partial charge in [-0.05, 0) is 0 Å². The highest BCUT2D eigenvalue weighted by molar-refractivity contribution is 7.85. The van der Waals surface area contributed by atoms with Crippen molar-refractivity contribution in [2.45, 2.75) is 0 Å². The van der Waals surface area contributed by atoms with Gasteiger partial charge >= 0.3 is 9.53 Å². The molecule has 0 spiro atoms. The highest BCUT2D eigenvalue weighted by atomic mass is 32.2. The van der Waals surface area contributed by atoms with Crippen LogP contribution in [0.1, 0.15) is 0 Å². The number of hydrogen-bond donors (Lipinski definition) is 4. The predicted octanol–water partition coefficient (Wildman–Crippen LogP) is -2.26. The fraction of sp³-hybridized carbons (Fsp3) is 0.333. The Kier molecular flexibility index (Phi) is 7.83. The van der Waals surface area contributed by atoms with Crippen LogP contribution in [0.15, 0.2) is 12.7 Å². The van der Waals surface area contributed by atoms with Gasteiger partial charge in [-0.15, -0.1) is 6.58 Å². The van der Waals surface area contributed by atoms with Gasteiger partial charge in [0.05, 0.1) is 5.75 Å². The largest absolute Gasteiger partial charge is 0.475 e. The third kappa shape index (κ3) is 41.7. The SMILES string of the molecule is C=CCS(=O)(=O)O.O[SiH](O)O. The molecule has 0 aromatic rings. The molecule has 0 aliphatic carbocycles. The first-order valence-electron chi connectivity index (χ1n) is 2.40. The van der Waals surface area contributed by atoms with Crippen molar-refractivity contribution in [3.05, 3.63) is 12.7 Å². The van der Waals surface area contributed by atoms with E-state index in [-0.39, 0.29) is 5.75 Å². The predicted molar refractivity (Wildman–Crippen MR) is 40.4 cm³/mol. The maximum absolute atomic E-state index is 9.72. The van der Waals surface area contributed by atoms with Crippen LogP contribution < -0.4 is 0 Å². The fourth-order valence-electron chi connectivity index (χ4n) is 0.149. The first kappa shape index (κ1) is 13.3. The van der Waals surface area contributed by atoms with Crippen LogP contribution in [0.2, 0.25) is 0 Å². The molecule has 11 heavy (non-hydrogen) atoms. The van der Waals surface area contributed by atoms with Crippen molar-refractivity contribution in [1.82, 2.24) is 0 Å². The molecule has 0 aliphatic rings. The Morgan fingerprint density at radius 1 is 1.36 bits per heavy atom. The lowest BCUT2D eigenvalue weighted by Crippen LogP contribution is -2.07. The van der Waals surface area contributed by atoms with E-state index in [1.54, 1.807) is 0 Å². The van der Waals surface area contributed by atoms with Gasteiger partial charge in [0.2, 0.25) is 0 Å². The van der Waals surface area contributed by atoms with Crippen LogP contribution in [-0.4, -0.2) is 42.6 Å². The third-order valence-corrected chi connectivity index (χ3v) is 0.985. The van der Waals surface area contributed by atoms with E-state index in [1.165, 1.54) is 0 Å². The molecule has 0 saturated carbocycles. The van der Waals surface area contributed by atoms with Gasteiger partial charge in [0.25, 0.3) is 10.1 Å². The van der Waals surface area contributed by atoms with Crippen molar-refractivity contribution in [1.29, 1.82) is 0 Å². The summed E-state index contributed by atoms with van der Waals surface area (Å²) in [5.74, 6) is -0.368. The van der Waals surface area contributed by atoms with Crippen molar-refractivity contribution < 1.29 is 27.4 Å². The van der Waals surface area contributed by atoms with Gasteiger partial charge in [-0.25, -0.2) is 0 Å². The Morgan fingerprint density at radius 3 is 1.64 bits per heavy atom. The Morgan fingerprint density at radius 2 is 1.64 bits per heavy atom. The van der Waals surface area contributed by atoms with Crippen molar-refractivity contribution in [3.63, 3.8) is 0 Å². The average molecular weight is 202 g/mol. The van der Waals surface area contributed by atoms with Gasteiger partial charge in [0, 0.05) is 0 Å². The smallest absolute Gasteiger partial charge is 0.392 e. The lowest BCUT2D eigenvalue weighted by Gasteiger charge is -1.82. The Labute approximate surface area is 66.1 Å². The summed E-state index contributed by atoms with van der Waals surface area (Å²) < 4.78 is 27.3. The molecule has 68 valence electrons. The molecule has 0 rings (SSSR count). The van der Waals surface area contributed by atoms with E-state index in [1.807, 2.05) is 0 Å². The van der Waals surface area contributed by atoms with E-state index >= 15 is 0 Å². The zero-order valence-corrected chi connectivity index (χ0v) is 7.55. The van der Waals surface area contributed by atoms with Crippen LogP contribution in [0.25, 0.3) is 0 Å². The van der Waals surface area contributed by atoms with E-state index in [2.05, 4.69) is 6.58 Å². The first-order chi connectivity index (χ1) is 4.79. The van der Waals surface area contributed by atoms with Crippen molar-refractivity contribution in [2.24, 2.45) is 0 Å². The standard InChI is InChI=1S/C3H6O3S.H4O3Si/c1-2-3-7(4,5)6;1-4(2)3/h2H,1,3H2,(H,4,5,6);1-4H. The summed E-state index contributed by atoms with van der Waals surface area (Å²) in [5.41, 5.74) is 0. The van der Waals surface area contributed by atoms with Gasteiger partial charge in [-0.2, -0.15) is 8.42 Å². The molecule has 0 atom stereocenters. The highest BCUT2D eigenvalue weighted by Gasteiger charge is 1.95. The van der Waals surface area contributed by atoms with Gasteiger partial charge in [0.1, 0.15) is 0 Å². The van der Waals surface area contributed by atoms with Gasteiger partial charge in [-0.3, -0.25) is 4.55 Å². The molecule has 0 saturated heterocycles. The molecule has 0 amide bonds. The van der Waals surface area contributed by atoms with E-state index in [4.69, 9.17) is 18.9 Å². The molecule has 0 aromatic carbocycles. The van der Waals surface area contributed by atoms with Gasteiger partial charge < -0.3 is 14.4 Å². The minimum atomic E-state index is -3.79. The highest BCUT2D eigenvalue weighted by Crippen LogP contribution is 1.78. The quantitative estimate of drug-likeness (QED) is 0.228. The Balaban J connectivity index is 0. The van der Waals surface area contributed by atoms with Crippen LogP contribution in [-0.2, 0) is 10.1 Å². The summed E-state index contributed by atoms with van der Waals surface area (Å²) >= 11 is 0. The topological polar surface area (TPSA) is 115 Å². The maximum atomic E-state index is 9.72. The van der Waals surface area contributed by atoms with Crippen LogP contribution in [0.4, 0.5) is 0 Å². The molecule has 0 radical (unpaired) electrons. The second-order valence-electron chi connectivity index (χ2n) is 1.38. The van der Waals surface area contributed by atoms with E-state index < -0.39 is 19.6 Å². The molecular formula is C3H10O6SSi. The summed E-state index contributed by atoms with van der Waals surface area (Å²) in [6.45, 7) is 3.11. The summed E-state index contributed by atoms with van der Waals surface area (Å²) in [7, 11) is -6.93. The molecule has 0 fully saturated rings. The molecule has 0 bridgehead atoms. The van der Waals surface area contributed by atoms with E-state index in [0.717, 1.165) is 6.08 Å². The maximum Gasteiger partial charge on any atom is 0.475 e. The zero-order chi connectivity index (χ0) is 9.49. The zero-order valence-electron chi connectivity index (χ0n) is 5.58.